The van der Waals surface area contributed by atoms with Crippen LogP contribution >= 0.6 is 11.6 Å². The fourth-order valence-electron chi connectivity index (χ4n) is 1.82. The molecule has 3 heteroatoms. The van der Waals surface area contributed by atoms with Gasteiger partial charge in [0.25, 0.3) is 0 Å². The van der Waals surface area contributed by atoms with E-state index in [1.807, 2.05) is 0 Å². The Morgan fingerprint density at radius 2 is 2.11 bits per heavy atom. The van der Waals surface area contributed by atoms with Crippen molar-refractivity contribution < 1.29 is 9.53 Å². The van der Waals surface area contributed by atoms with Gasteiger partial charge in [0, 0.05) is 5.56 Å². The van der Waals surface area contributed by atoms with Crippen LogP contribution in [0.1, 0.15) is 56.3 Å². The van der Waals surface area contributed by atoms with E-state index in [1.165, 1.54) is 25.7 Å². The number of ether oxygens (including phenoxy) is 1. The second-order valence-corrected chi connectivity index (χ2v) is 4.99. The number of halogens is 1. The maximum Gasteiger partial charge on any atom is 0.150 e. The van der Waals surface area contributed by atoms with E-state index in [0.717, 1.165) is 12.7 Å². The predicted molar refractivity (Wildman–Crippen MR) is 75.7 cm³/mol. The Bertz CT molecular complexity index is 377. The Kier molecular flexibility index (Phi) is 6.81. The molecule has 100 valence electrons. The third-order valence-corrected chi connectivity index (χ3v) is 3.18. The second-order valence-electron chi connectivity index (χ2n) is 4.59. The van der Waals surface area contributed by atoms with E-state index in [-0.39, 0.29) is 6.10 Å². The average molecular weight is 269 g/mol. The highest BCUT2D eigenvalue weighted by Gasteiger charge is 2.08. The largest absolute Gasteiger partial charge is 0.489 e. The molecule has 1 aromatic rings. The van der Waals surface area contributed by atoms with Crippen molar-refractivity contribution in [1.29, 1.82) is 0 Å². The van der Waals surface area contributed by atoms with Gasteiger partial charge in [-0.1, -0.05) is 37.8 Å². The zero-order valence-electron chi connectivity index (χ0n) is 11.1. The second kappa shape index (κ2) is 8.15. The first-order chi connectivity index (χ1) is 8.67. The fourth-order valence-corrected chi connectivity index (χ4v) is 2.05. The molecule has 18 heavy (non-hydrogen) atoms. The molecule has 0 aliphatic rings. The highest BCUT2D eigenvalue weighted by molar-refractivity contribution is 6.32. The fraction of sp³-hybridized carbons (Fsp3) is 0.533. The quantitative estimate of drug-likeness (QED) is 0.496. The lowest BCUT2D eigenvalue weighted by atomic mass is 10.1. The first-order valence-electron chi connectivity index (χ1n) is 6.58. The molecule has 0 aliphatic carbocycles. The van der Waals surface area contributed by atoms with Gasteiger partial charge in [0.15, 0.2) is 0 Å². The van der Waals surface area contributed by atoms with Crippen LogP contribution in [0.15, 0.2) is 18.2 Å². The lowest BCUT2D eigenvalue weighted by Gasteiger charge is -2.15. The third kappa shape index (κ3) is 5.09. The molecule has 0 spiro atoms. The van der Waals surface area contributed by atoms with E-state index in [1.54, 1.807) is 18.2 Å². The first-order valence-corrected chi connectivity index (χ1v) is 6.96. The van der Waals surface area contributed by atoms with Gasteiger partial charge in [-0.25, -0.2) is 0 Å². The minimum absolute atomic E-state index is 0.154. The lowest BCUT2D eigenvalue weighted by Crippen LogP contribution is -2.11. The number of hydrogen-bond donors (Lipinski definition) is 0. The molecule has 0 bridgehead atoms. The smallest absolute Gasteiger partial charge is 0.150 e. The van der Waals surface area contributed by atoms with Crippen molar-refractivity contribution in [2.24, 2.45) is 0 Å². The van der Waals surface area contributed by atoms with Crippen LogP contribution in [0.2, 0.25) is 5.02 Å². The molecule has 0 aromatic heterocycles. The summed E-state index contributed by atoms with van der Waals surface area (Å²) in [6.45, 7) is 4.25. The van der Waals surface area contributed by atoms with Gasteiger partial charge < -0.3 is 4.74 Å². The number of unbranched alkanes of at least 4 members (excludes halogenated alkanes) is 3. The van der Waals surface area contributed by atoms with Crippen molar-refractivity contribution in [3.63, 3.8) is 0 Å². The van der Waals surface area contributed by atoms with E-state index >= 15 is 0 Å². The monoisotopic (exact) mass is 268 g/mol. The summed E-state index contributed by atoms with van der Waals surface area (Å²) in [5, 5.41) is 0.500. The van der Waals surface area contributed by atoms with Crippen molar-refractivity contribution in [3.05, 3.63) is 28.8 Å². The van der Waals surface area contributed by atoms with Gasteiger partial charge in [-0.05, 0) is 38.0 Å². The van der Waals surface area contributed by atoms with E-state index in [2.05, 4.69) is 13.8 Å². The number of aldehydes is 1. The van der Waals surface area contributed by atoms with Crippen molar-refractivity contribution >= 4 is 17.9 Å². The normalized spacial score (nSPS) is 12.2. The molecule has 0 aliphatic heterocycles. The highest BCUT2D eigenvalue weighted by Crippen LogP contribution is 2.26. The number of benzene rings is 1. The summed E-state index contributed by atoms with van der Waals surface area (Å²) < 4.78 is 5.78. The van der Waals surface area contributed by atoms with E-state index in [4.69, 9.17) is 16.3 Å². The van der Waals surface area contributed by atoms with Crippen molar-refractivity contribution in [2.75, 3.05) is 0 Å². The van der Waals surface area contributed by atoms with Gasteiger partial charge in [-0.3, -0.25) is 4.79 Å². The molecule has 1 rings (SSSR count). The summed E-state index contributed by atoms with van der Waals surface area (Å²) in [6.07, 6.45) is 6.92. The standard InChI is InChI=1S/C15H21ClO2/c1-3-4-5-6-7-12(2)18-15-9-8-13(11-17)10-14(15)16/h8-12H,3-7H2,1-2H3. The minimum atomic E-state index is 0.154. The number of carbonyl (C=O) groups excluding carboxylic acids is 1. The molecular formula is C15H21ClO2. The van der Waals surface area contributed by atoms with Crippen molar-refractivity contribution in [2.45, 2.75) is 52.1 Å². The van der Waals surface area contributed by atoms with E-state index in [0.29, 0.717) is 16.3 Å². The van der Waals surface area contributed by atoms with Crippen LogP contribution in [0.5, 0.6) is 5.75 Å². The van der Waals surface area contributed by atoms with Crippen LogP contribution in [-0.2, 0) is 0 Å². The van der Waals surface area contributed by atoms with Gasteiger partial charge in [-0.2, -0.15) is 0 Å². The molecule has 0 saturated heterocycles. The molecule has 0 radical (unpaired) electrons. The van der Waals surface area contributed by atoms with Crippen LogP contribution in [0.25, 0.3) is 0 Å². The van der Waals surface area contributed by atoms with Crippen molar-refractivity contribution in [1.82, 2.24) is 0 Å². The Morgan fingerprint density at radius 1 is 1.33 bits per heavy atom. The molecule has 0 fully saturated rings. The van der Waals surface area contributed by atoms with Gasteiger partial charge >= 0.3 is 0 Å². The van der Waals surface area contributed by atoms with Gasteiger partial charge in [0.1, 0.15) is 12.0 Å². The lowest BCUT2D eigenvalue weighted by molar-refractivity contribution is 0.112. The maximum absolute atomic E-state index is 10.6. The molecule has 0 saturated carbocycles. The summed E-state index contributed by atoms with van der Waals surface area (Å²) in [7, 11) is 0. The summed E-state index contributed by atoms with van der Waals surface area (Å²) >= 11 is 6.05. The highest BCUT2D eigenvalue weighted by atomic mass is 35.5. The Morgan fingerprint density at radius 3 is 2.72 bits per heavy atom. The summed E-state index contributed by atoms with van der Waals surface area (Å²) in [5.41, 5.74) is 0.572. The molecule has 2 nitrogen and oxygen atoms in total. The topological polar surface area (TPSA) is 26.3 Å². The van der Waals surface area contributed by atoms with Crippen LogP contribution in [-0.4, -0.2) is 12.4 Å². The zero-order chi connectivity index (χ0) is 13.4. The number of hydrogen-bond acceptors (Lipinski definition) is 2. The Balaban J connectivity index is 2.43. The third-order valence-electron chi connectivity index (χ3n) is 2.88. The average Bonchev–Trinajstić information content (AvgIpc) is 2.37. The summed E-state index contributed by atoms with van der Waals surface area (Å²) in [5.74, 6) is 0.658. The molecule has 0 N–H and O–H groups in total. The summed E-state index contributed by atoms with van der Waals surface area (Å²) in [4.78, 5) is 10.6. The first kappa shape index (κ1) is 15.0. The van der Waals surface area contributed by atoms with Crippen LogP contribution in [0.3, 0.4) is 0 Å². The van der Waals surface area contributed by atoms with Crippen LogP contribution in [0.4, 0.5) is 0 Å². The van der Waals surface area contributed by atoms with Gasteiger partial charge in [0.2, 0.25) is 0 Å². The SMILES string of the molecule is CCCCCCC(C)Oc1ccc(C=O)cc1Cl. The zero-order valence-corrected chi connectivity index (χ0v) is 11.9. The number of rotatable bonds is 8. The molecular weight excluding hydrogens is 248 g/mol. The minimum Gasteiger partial charge on any atom is -0.489 e. The molecule has 0 heterocycles. The molecule has 0 amide bonds. The molecule has 1 aromatic carbocycles. The number of carbonyl (C=O) groups is 1. The van der Waals surface area contributed by atoms with E-state index in [9.17, 15) is 4.79 Å². The summed E-state index contributed by atoms with van der Waals surface area (Å²) in [6, 6.07) is 5.11. The Hall–Kier alpha value is -1.02. The maximum atomic E-state index is 10.6. The molecule has 1 unspecified atom stereocenters. The van der Waals surface area contributed by atoms with Crippen LogP contribution in [0, 0.1) is 0 Å². The molecule has 1 atom stereocenters. The van der Waals surface area contributed by atoms with Crippen LogP contribution < -0.4 is 4.74 Å². The predicted octanol–water partition coefficient (Wildman–Crippen LogP) is 4.89. The van der Waals surface area contributed by atoms with E-state index < -0.39 is 0 Å². The Labute approximate surface area is 114 Å². The van der Waals surface area contributed by atoms with Gasteiger partial charge in [0.05, 0.1) is 11.1 Å². The van der Waals surface area contributed by atoms with Gasteiger partial charge in [-0.15, -0.1) is 0 Å². The van der Waals surface area contributed by atoms with Crippen molar-refractivity contribution in [3.8, 4) is 5.75 Å².